The lowest BCUT2D eigenvalue weighted by molar-refractivity contribution is -0.0473. The SMILES string of the molecule is COc1ccc(CNCCC2(c3ccccc3OC)CCOC(C(C)C)C2)cc1. The van der Waals surface area contributed by atoms with E-state index < -0.39 is 0 Å². The summed E-state index contributed by atoms with van der Waals surface area (Å²) in [5, 5.41) is 3.64. The van der Waals surface area contributed by atoms with Crippen LogP contribution in [-0.4, -0.2) is 33.5 Å². The molecule has 2 atom stereocenters. The highest BCUT2D eigenvalue weighted by atomic mass is 16.5. The molecule has 29 heavy (non-hydrogen) atoms. The fourth-order valence-corrected chi connectivity index (χ4v) is 4.37. The summed E-state index contributed by atoms with van der Waals surface area (Å²) in [4.78, 5) is 0. The van der Waals surface area contributed by atoms with Gasteiger partial charge in [-0.1, -0.05) is 44.2 Å². The van der Waals surface area contributed by atoms with Gasteiger partial charge in [0.15, 0.2) is 0 Å². The maximum Gasteiger partial charge on any atom is 0.122 e. The van der Waals surface area contributed by atoms with Crippen LogP contribution in [0.15, 0.2) is 48.5 Å². The summed E-state index contributed by atoms with van der Waals surface area (Å²) < 4.78 is 17.1. The van der Waals surface area contributed by atoms with Crippen LogP contribution in [0.5, 0.6) is 11.5 Å². The summed E-state index contributed by atoms with van der Waals surface area (Å²) in [7, 11) is 3.47. The number of para-hydroxylation sites is 1. The lowest BCUT2D eigenvalue weighted by Crippen LogP contribution is -2.42. The topological polar surface area (TPSA) is 39.7 Å². The Morgan fingerprint density at radius 1 is 1.07 bits per heavy atom. The van der Waals surface area contributed by atoms with Crippen molar-refractivity contribution in [3.05, 3.63) is 59.7 Å². The molecule has 0 saturated carbocycles. The monoisotopic (exact) mass is 397 g/mol. The van der Waals surface area contributed by atoms with E-state index in [1.54, 1.807) is 14.2 Å². The second-order valence-electron chi connectivity index (χ2n) is 8.36. The number of ether oxygens (including phenoxy) is 3. The van der Waals surface area contributed by atoms with Crippen LogP contribution in [0, 0.1) is 5.92 Å². The molecule has 0 aromatic heterocycles. The highest BCUT2D eigenvalue weighted by molar-refractivity contribution is 5.40. The van der Waals surface area contributed by atoms with Gasteiger partial charge < -0.3 is 19.5 Å². The quantitative estimate of drug-likeness (QED) is 0.607. The van der Waals surface area contributed by atoms with Gasteiger partial charge >= 0.3 is 0 Å². The van der Waals surface area contributed by atoms with E-state index in [0.29, 0.717) is 5.92 Å². The van der Waals surface area contributed by atoms with E-state index in [-0.39, 0.29) is 11.5 Å². The molecule has 1 aliphatic rings. The number of benzene rings is 2. The molecule has 0 spiro atoms. The zero-order chi connectivity index (χ0) is 20.7. The first kappa shape index (κ1) is 21.7. The molecule has 1 saturated heterocycles. The second-order valence-corrected chi connectivity index (χ2v) is 8.36. The number of rotatable bonds is 9. The van der Waals surface area contributed by atoms with Crippen molar-refractivity contribution < 1.29 is 14.2 Å². The fraction of sp³-hybridized carbons (Fsp3) is 0.520. The van der Waals surface area contributed by atoms with Gasteiger partial charge in [0, 0.05) is 24.1 Å². The predicted octanol–water partition coefficient (Wildman–Crippen LogP) is 4.96. The molecular formula is C25H35NO3. The molecule has 0 radical (unpaired) electrons. The smallest absolute Gasteiger partial charge is 0.122 e. The van der Waals surface area contributed by atoms with Crippen molar-refractivity contribution in [3.8, 4) is 11.5 Å². The van der Waals surface area contributed by atoms with Gasteiger partial charge in [0.25, 0.3) is 0 Å². The van der Waals surface area contributed by atoms with Crippen molar-refractivity contribution in [2.45, 2.75) is 51.2 Å². The van der Waals surface area contributed by atoms with Gasteiger partial charge in [0.1, 0.15) is 11.5 Å². The Balaban J connectivity index is 1.71. The lowest BCUT2D eigenvalue weighted by Gasteiger charge is -2.43. The average molecular weight is 398 g/mol. The minimum absolute atomic E-state index is 0.0761. The highest BCUT2D eigenvalue weighted by Crippen LogP contribution is 2.45. The van der Waals surface area contributed by atoms with Crippen molar-refractivity contribution >= 4 is 0 Å². The van der Waals surface area contributed by atoms with Gasteiger partial charge in [-0.3, -0.25) is 0 Å². The number of hydrogen-bond acceptors (Lipinski definition) is 4. The van der Waals surface area contributed by atoms with Gasteiger partial charge in [-0.15, -0.1) is 0 Å². The van der Waals surface area contributed by atoms with E-state index in [9.17, 15) is 0 Å². The van der Waals surface area contributed by atoms with E-state index >= 15 is 0 Å². The predicted molar refractivity (Wildman–Crippen MR) is 118 cm³/mol. The summed E-state index contributed by atoms with van der Waals surface area (Å²) in [6.07, 6.45) is 3.42. The van der Waals surface area contributed by atoms with Crippen molar-refractivity contribution in [1.82, 2.24) is 5.32 Å². The molecule has 2 aromatic carbocycles. The molecule has 0 aliphatic carbocycles. The molecule has 2 aromatic rings. The van der Waals surface area contributed by atoms with E-state index in [2.05, 4.69) is 55.6 Å². The van der Waals surface area contributed by atoms with Crippen LogP contribution in [0.1, 0.15) is 44.2 Å². The standard InChI is InChI=1S/C25H35NO3/c1-19(2)24-17-25(14-16-29-24,22-7-5-6-8-23(22)28-4)13-15-26-18-20-9-11-21(27-3)12-10-20/h5-12,19,24,26H,13-18H2,1-4H3. The third-order valence-corrected chi connectivity index (χ3v) is 6.19. The second kappa shape index (κ2) is 10.1. The third-order valence-electron chi connectivity index (χ3n) is 6.19. The van der Waals surface area contributed by atoms with E-state index in [0.717, 1.165) is 50.5 Å². The van der Waals surface area contributed by atoms with Crippen LogP contribution in [0.4, 0.5) is 0 Å². The molecule has 3 rings (SSSR count). The Labute approximate surface area is 175 Å². The zero-order valence-electron chi connectivity index (χ0n) is 18.2. The molecule has 1 N–H and O–H groups in total. The molecule has 1 fully saturated rings. The maximum atomic E-state index is 6.11. The molecule has 158 valence electrons. The number of hydrogen-bond donors (Lipinski definition) is 1. The lowest BCUT2D eigenvalue weighted by atomic mass is 9.68. The summed E-state index contributed by atoms with van der Waals surface area (Å²) in [5.74, 6) is 2.40. The largest absolute Gasteiger partial charge is 0.497 e. The Kier molecular flexibility index (Phi) is 7.57. The molecular weight excluding hydrogens is 362 g/mol. The van der Waals surface area contributed by atoms with Crippen molar-refractivity contribution in [3.63, 3.8) is 0 Å². The molecule has 1 aliphatic heterocycles. The third kappa shape index (κ3) is 5.31. The van der Waals surface area contributed by atoms with Crippen LogP contribution in [0.3, 0.4) is 0 Å². The first-order chi connectivity index (χ1) is 14.1. The summed E-state index contributed by atoms with van der Waals surface area (Å²) in [6, 6.07) is 16.8. The Bertz CT molecular complexity index is 759. The van der Waals surface area contributed by atoms with Crippen molar-refractivity contribution in [1.29, 1.82) is 0 Å². The van der Waals surface area contributed by atoms with E-state index in [1.807, 2.05) is 12.1 Å². The van der Waals surface area contributed by atoms with Crippen LogP contribution < -0.4 is 14.8 Å². The zero-order valence-corrected chi connectivity index (χ0v) is 18.2. The van der Waals surface area contributed by atoms with E-state index in [1.165, 1.54) is 11.1 Å². The first-order valence-corrected chi connectivity index (χ1v) is 10.7. The maximum absolute atomic E-state index is 6.11. The first-order valence-electron chi connectivity index (χ1n) is 10.7. The number of nitrogens with one attached hydrogen (secondary N) is 1. The summed E-state index contributed by atoms with van der Waals surface area (Å²) >= 11 is 0. The normalized spacial score (nSPS) is 21.9. The summed E-state index contributed by atoms with van der Waals surface area (Å²) in [5.41, 5.74) is 2.67. The van der Waals surface area contributed by atoms with Crippen molar-refractivity contribution in [2.24, 2.45) is 5.92 Å². The van der Waals surface area contributed by atoms with Gasteiger partial charge in [-0.2, -0.15) is 0 Å². The van der Waals surface area contributed by atoms with Gasteiger partial charge in [-0.05, 0) is 55.5 Å². The number of methoxy groups -OCH3 is 2. The average Bonchev–Trinajstić information content (AvgIpc) is 2.77. The molecule has 4 nitrogen and oxygen atoms in total. The van der Waals surface area contributed by atoms with Crippen LogP contribution in [0.25, 0.3) is 0 Å². The molecule has 0 amide bonds. The van der Waals surface area contributed by atoms with Crippen LogP contribution >= 0.6 is 0 Å². The van der Waals surface area contributed by atoms with Crippen LogP contribution in [-0.2, 0) is 16.7 Å². The van der Waals surface area contributed by atoms with Gasteiger partial charge in [0.05, 0.1) is 20.3 Å². The molecule has 1 heterocycles. The Morgan fingerprint density at radius 2 is 1.83 bits per heavy atom. The molecule has 4 heteroatoms. The summed E-state index contributed by atoms with van der Waals surface area (Å²) in [6.45, 7) is 7.13. The Morgan fingerprint density at radius 3 is 2.52 bits per heavy atom. The van der Waals surface area contributed by atoms with Crippen molar-refractivity contribution in [2.75, 3.05) is 27.4 Å². The van der Waals surface area contributed by atoms with Crippen LogP contribution in [0.2, 0.25) is 0 Å². The highest BCUT2D eigenvalue weighted by Gasteiger charge is 2.40. The minimum Gasteiger partial charge on any atom is -0.497 e. The van der Waals surface area contributed by atoms with Gasteiger partial charge in [0.2, 0.25) is 0 Å². The molecule has 2 unspecified atom stereocenters. The minimum atomic E-state index is 0.0761. The van der Waals surface area contributed by atoms with E-state index in [4.69, 9.17) is 14.2 Å². The fourth-order valence-electron chi connectivity index (χ4n) is 4.37. The van der Waals surface area contributed by atoms with Gasteiger partial charge in [-0.25, -0.2) is 0 Å². The molecule has 0 bridgehead atoms. The Hall–Kier alpha value is -2.04.